The zero-order chi connectivity index (χ0) is 11.4. The monoisotopic (exact) mass is 215 g/mol. The lowest BCUT2D eigenvalue weighted by atomic mass is 10.3. The van der Waals surface area contributed by atoms with Crippen LogP contribution in [0.25, 0.3) is 0 Å². The summed E-state index contributed by atoms with van der Waals surface area (Å²) in [6.07, 6.45) is -0.741. The second kappa shape index (κ2) is 4.70. The standard InChI is InChI=1S/C9H10FNO4/c1-6(12)5-15-9-3-2-7(10)4-8(9)11(13)14/h2-4,6,12H,5H2,1H3/t6-/m0/s1. The van der Waals surface area contributed by atoms with E-state index in [2.05, 4.69) is 0 Å². The van der Waals surface area contributed by atoms with Crippen molar-refractivity contribution in [3.8, 4) is 5.75 Å². The first-order chi connectivity index (χ1) is 7.00. The summed E-state index contributed by atoms with van der Waals surface area (Å²) >= 11 is 0. The Morgan fingerprint density at radius 1 is 1.67 bits per heavy atom. The second-order valence-corrected chi connectivity index (χ2v) is 3.03. The molecule has 0 aromatic heterocycles. The number of rotatable bonds is 4. The summed E-state index contributed by atoms with van der Waals surface area (Å²) in [7, 11) is 0. The number of nitro groups is 1. The fraction of sp³-hybridized carbons (Fsp3) is 0.333. The van der Waals surface area contributed by atoms with Gasteiger partial charge in [0.05, 0.1) is 17.1 Å². The minimum Gasteiger partial charge on any atom is -0.484 e. The zero-order valence-electron chi connectivity index (χ0n) is 8.01. The molecule has 15 heavy (non-hydrogen) atoms. The van der Waals surface area contributed by atoms with Crippen LogP contribution in [0.3, 0.4) is 0 Å². The van der Waals surface area contributed by atoms with Crippen LogP contribution in [-0.4, -0.2) is 22.7 Å². The number of hydrogen-bond donors (Lipinski definition) is 1. The van der Waals surface area contributed by atoms with Crippen molar-refractivity contribution in [3.05, 3.63) is 34.1 Å². The molecule has 0 heterocycles. The Morgan fingerprint density at radius 3 is 2.87 bits per heavy atom. The third-order valence-electron chi connectivity index (χ3n) is 1.60. The molecule has 0 saturated heterocycles. The number of benzene rings is 1. The third-order valence-corrected chi connectivity index (χ3v) is 1.60. The van der Waals surface area contributed by atoms with Crippen molar-refractivity contribution >= 4 is 5.69 Å². The molecule has 0 aliphatic heterocycles. The predicted octanol–water partition coefficient (Wildman–Crippen LogP) is 1.49. The van der Waals surface area contributed by atoms with E-state index in [1.807, 2.05) is 0 Å². The van der Waals surface area contributed by atoms with Crippen LogP contribution in [0.1, 0.15) is 6.92 Å². The lowest BCUT2D eigenvalue weighted by Crippen LogP contribution is -2.13. The maximum Gasteiger partial charge on any atom is 0.313 e. The number of nitro benzene ring substituents is 1. The molecule has 0 amide bonds. The van der Waals surface area contributed by atoms with E-state index in [0.29, 0.717) is 0 Å². The van der Waals surface area contributed by atoms with Gasteiger partial charge in [-0.15, -0.1) is 0 Å². The Kier molecular flexibility index (Phi) is 3.56. The number of aliphatic hydroxyl groups excluding tert-OH is 1. The van der Waals surface area contributed by atoms with Crippen LogP contribution in [-0.2, 0) is 0 Å². The molecule has 1 aromatic carbocycles. The van der Waals surface area contributed by atoms with Crippen LogP contribution < -0.4 is 4.74 Å². The number of ether oxygens (including phenoxy) is 1. The number of halogens is 1. The minimum atomic E-state index is -0.741. The van der Waals surface area contributed by atoms with Gasteiger partial charge in [-0.1, -0.05) is 0 Å². The topological polar surface area (TPSA) is 72.6 Å². The molecule has 0 unspecified atom stereocenters. The van der Waals surface area contributed by atoms with Crippen molar-refractivity contribution < 1.29 is 19.2 Å². The number of hydrogen-bond acceptors (Lipinski definition) is 4. The third kappa shape index (κ3) is 3.17. The van der Waals surface area contributed by atoms with E-state index in [4.69, 9.17) is 9.84 Å². The average molecular weight is 215 g/mol. The zero-order valence-corrected chi connectivity index (χ0v) is 8.01. The molecule has 0 aliphatic carbocycles. The van der Waals surface area contributed by atoms with Gasteiger partial charge in [0.1, 0.15) is 12.4 Å². The molecule has 5 nitrogen and oxygen atoms in total. The molecule has 82 valence electrons. The summed E-state index contributed by atoms with van der Waals surface area (Å²) < 4.78 is 17.7. The molecular weight excluding hydrogens is 205 g/mol. The highest BCUT2D eigenvalue weighted by Gasteiger charge is 2.16. The van der Waals surface area contributed by atoms with Crippen LogP contribution in [0.5, 0.6) is 5.75 Å². The highest BCUT2D eigenvalue weighted by Crippen LogP contribution is 2.27. The normalized spacial score (nSPS) is 12.2. The van der Waals surface area contributed by atoms with Gasteiger partial charge in [-0.2, -0.15) is 0 Å². The SMILES string of the molecule is C[C@H](O)COc1ccc(F)cc1[N+](=O)[O-]. The molecule has 0 saturated carbocycles. The smallest absolute Gasteiger partial charge is 0.313 e. The molecule has 0 fully saturated rings. The molecule has 6 heteroatoms. The Balaban J connectivity index is 2.91. The molecule has 1 aromatic rings. The number of aliphatic hydroxyl groups is 1. The fourth-order valence-corrected chi connectivity index (χ4v) is 0.966. The summed E-state index contributed by atoms with van der Waals surface area (Å²) in [5.74, 6) is -0.756. The largest absolute Gasteiger partial charge is 0.484 e. The van der Waals surface area contributed by atoms with E-state index < -0.39 is 22.5 Å². The summed E-state index contributed by atoms with van der Waals surface area (Å²) in [6, 6.07) is 3.00. The summed E-state index contributed by atoms with van der Waals surface area (Å²) in [5, 5.41) is 19.4. The fourth-order valence-electron chi connectivity index (χ4n) is 0.966. The lowest BCUT2D eigenvalue weighted by molar-refractivity contribution is -0.386. The summed E-state index contributed by atoms with van der Waals surface area (Å²) in [6.45, 7) is 1.40. The van der Waals surface area contributed by atoms with Crippen molar-refractivity contribution in [2.24, 2.45) is 0 Å². The Morgan fingerprint density at radius 2 is 2.33 bits per heavy atom. The molecule has 1 rings (SSSR count). The molecular formula is C9H10FNO4. The highest BCUT2D eigenvalue weighted by molar-refractivity contribution is 5.46. The maximum absolute atomic E-state index is 12.7. The highest BCUT2D eigenvalue weighted by atomic mass is 19.1. The van der Waals surface area contributed by atoms with Crippen molar-refractivity contribution in [2.75, 3.05) is 6.61 Å². The first-order valence-electron chi connectivity index (χ1n) is 4.25. The lowest BCUT2D eigenvalue weighted by Gasteiger charge is -2.07. The van der Waals surface area contributed by atoms with E-state index in [1.165, 1.54) is 6.92 Å². The first kappa shape index (κ1) is 11.4. The van der Waals surface area contributed by atoms with Crippen LogP contribution >= 0.6 is 0 Å². The van der Waals surface area contributed by atoms with Crippen LogP contribution in [0.15, 0.2) is 18.2 Å². The predicted molar refractivity (Wildman–Crippen MR) is 50.2 cm³/mol. The minimum absolute atomic E-state index is 0.0534. The van der Waals surface area contributed by atoms with Crippen molar-refractivity contribution in [3.63, 3.8) is 0 Å². The van der Waals surface area contributed by atoms with Gasteiger partial charge in [-0.05, 0) is 19.1 Å². The van der Waals surface area contributed by atoms with E-state index in [0.717, 1.165) is 18.2 Å². The van der Waals surface area contributed by atoms with Crippen LogP contribution in [0.2, 0.25) is 0 Å². The molecule has 1 N–H and O–H groups in total. The molecule has 0 spiro atoms. The van der Waals surface area contributed by atoms with Crippen LogP contribution in [0.4, 0.5) is 10.1 Å². The Labute approximate surface area is 85.3 Å². The van der Waals surface area contributed by atoms with Gasteiger partial charge < -0.3 is 9.84 Å². The van der Waals surface area contributed by atoms with Gasteiger partial charge in [0, 0.05) is 0 Å². The maximum atomic E-state index is 12.7. The molecule has 0 bridgehead atoms. The summed E-state index contributed by atoms with van der Waals surface area (Å²) in [5.41, 5.74) is -0.448. The molecule has 0 radical (unpaired) electrons. The quantitative estimate of drug-likeness (QED) is 0.610. The second-order valence-electron chi connectivity index (χ2n) is 3.03. The van der Waals surface area contributed by atoms with Crippen LogP contribution in [0, 0.1) is 15.9 Å². The van der Waals surface area contributed by atoms with Gasteiger partial charge in [0.2, 0.25) is 0 Å². The molecule has 1 atom stereocenters. The average Bonchev–Trinajstić information content (AvgIpc) is 2.15. The van der Waals surface area contributed by atoms with Gasteiger partial charge in [-0.25, -0.2) is 4.39 Å². The van der Waals surface area contributed by atoms with E-state index in [1.54, 1.807) is 0 Å². The van der Waals surface area contributed by atoms with E-state index in [9.17, 15) is 14.5 Å². The van der Waals surface area contributed by atoms with Crippen molar-refractivity contribution in [1.82, 2.24) is 0 Å². The first-order valence-corrected chi connectivity index (χ1v) is 4.25. The molecule has 0 aliphatic rings. The van der Waals surface area contributed by atoms with E-state index >= 15 is 0 Å². The van der Waals surface area contributed by atoms with Crippen molar-refractivity contribution in [1.29, 1.82) is 0 Å². The Bertz CT molecular complexity index is 367. The van der Waals surface area contributed by atoms with Gasteiger partial charge in [0.15, 0.2) is 5.75 Å². The van der Waals surface area contributed by atoms with Gasteiger partial charge in [0.25, 0.3) is 0 Å². The van der Waals surface area contributed by atoms with Gasteiger partial charge >= 0.3 is 5.69 Å². The Hall–Kier alpha value is -1.69. The van der Waals surface area contributed by atoms with Gasteiger partial charge in [-0.3, -0.25) is 10.1 Å². The van der Waals surface area contributed by atoms with Crippen molar-refractivity contribution in [2.45, 2.75) is 13.0 Å². The number of nitrogens with zero attached hydrogens (tertiary/aromatic N) is 1. The van der Waals surface area contributed by atoms with E-state index in [-0.39, 0.29) is 12.4 Å². The summed E-state index contributed by atoms with van der Waals surface area (Å²) in [4.78, 5) is 9.78.